The van der Waals surface area contributed by atoms with Crippen LogP contribution >= 0.6 is 0 Å². The van der Waals surface area contributed by atoms with Gasteiger partial charge in [-0.15, -0.1) is 0 Å². The maximum Gasteiger partial charge on any atom is 0.330 e. The molecule has 0 bridgehead atoms. The standard InChI is InChI=1S/C51H88N6O18/c1-15-35-51(11,67)41(60)28(5)38(55-69-18-16-17-52-47(64)53-32-20-36(72-34(32)24-58)57-23-26(3)44(62)54-48(57)65)25(2)21-49(9,66)43(75-46-39(59)33(56(12)13)19-27(4)70-46)29(6)40(30(7)45(63)73-35)74-37-22-50(10,68-14)42(61)31(8)71-37/h23,25,27-37,39-43,46,58-61,66-67H,15-22,24H2,1-14H3,(H2,52,53,64)(H,54,62,65)/b55-38+/t25-,27-,28+,29+,30-,31+,32+,33+,34-,35-,36-,37+,39-,40+,41-,42+,43-,46+,49-,50-,51-/m1/s1. The van der Waals surface area contributed by atoms with E-state index in [4.69, 9.17) is 38.0 Å². The number of hydrogen-bond donors (Lipinski definition) is 9. The van der Waals surface area contributed by atoms with Crippen LogP contribution in [0, 0.1) is 30.6 Å². The number of nitrogens with zero attached hydrogens (tertiary/aromatic N) is 3. The summed E-state index contributed by atoms with van der Waals surface area (Å²) in [6.45, 7) is 17.8. The molecular weight excluding hydrogens is 985 g/mol. The Morgan fingerprint density at radius 3 is 2.27 bits per heavy atom. The molecule has 2 amide bonds. The van der Waals surface area contributed by atoms with Gasteiger partial charge in [-0.25, -0.2) is 9.59 Å². The lowest BCUT2D eigenvalue weighted by Crippen LogP contribution is -2.61. The fourth-order valence-electron chi connectivity index (χ4n) is 11.3. The molecule has 24 nitrogen and oxygen atoms in total. The summed E-state index contributed by atoms with van der Waals surface area (Å²) in [6.07, 6.45) is -10.3. The first-order valence-electron chi connectivity index (χ1n) is 26.4. The Hall–Kier alpha value is -3.63. The fourth-order valence-corrected chi connectivity index (χ4v) is 11.3. The number of aryl methyl sites for hydroxylation is 1. The quantitative estimate of drug-likeness (QED) is 0.0666. The number of ether oxygens (including phenoxy) is 7. The summed E-state index contributed by atoms with van der Waals surface area (Å²) in [6, 6.07) is -1.64. The summed E-state index contributed by atoms with van der Waals surface area (Å²) in [5.74, 6) is -4.50. The number of aliphatic hydroxyl groups excluding tert-OH is 4. The maximum atomic E-state index is 14.5. The zero-order valence-electron chi connectivity index (χ0n) is 46.3. The van der Waals surface area contributed by atoms with Crippen molar-refractivity contribution in [1.82, 2.24) is 25.1 Å². The van der Waals surface area contributed by atoms with Crippen molar-refractivity contribution in [2.75, 3.05) is 41.0 Å². The Morgan fingerprint density at radius 1 is 0.960 bits per heavy atom. The Kier molecular flexibility index (Phi) is 21.5. The monoisotopic (exact) mass is 1070 g/mol. The summed E-state index contributed by atoms with van der Waals surface area (Å²) in [4.78, 5) is 61.9. The zero-order valence-corrected chi connectivity index (χ0v) is 46.3. The van der Waals surface area contributed by atoms with Crippen LogP contribution in [0.4, 0.5) is 4.79 Å². The van der Waals surface area contributed by atoms with Crippen LogP contribution in [-0.4, -0.2) is 200 Å². The lowest BCUT2D eigenvalue weighted by Gasteiger charge is -2.49. The van der Waals surface area contributed by atoms with Gasteiger partial charge < -0.3 is 84.2 Å². The highest BCUT2D eigenvalue weighted by Gasteiger charge is 2.53. The molecule has 21 atom stereocenters. The van der Waals surface area contributed by atoms with Crippen LogP contribution in [0.5, 0.6) is 0 Å². The number of amides is 2. The van der Waals surface area contributed by atoms with Gasteiger partial charge in [-0.2, -0.15) is 0 Å². The second-order valence-electron chi connectivity index (χ2n) is 22.3. The van der Waals surface area contributed by atoms with Gasteiger partial charge >= 0.3 is 17.7 Å². The van der Waals surface area contributed by atoms with Crippen LogP contribution in [0.25, 0.3) is 0 Å². The summed E-state index contributed by atoms with van der Waals surface area (Å²) in [5, 5.41) is 80.0. The number of methoxy groups -OCH3 is 1. The number of aromatic nitrogens is 2. The van der Waals surface area contributed by atoms with Crippen molar-refractivity contribution in [1.29, 1.82) is 0 Å². The Morgan fingerprint density at radius 2 is 1.64 bits per heavy atom. The van der Waals surface area contributed by atoms with E-state index < -0.39 is 144 Å². The minimum atomic E-state index is -2.05. The van der Waals surface area contributed by atoms with Crippen LogP contribution in [0.2, 0.25) is 0 Å². The molecule has 0 spiro atoms. The maximum absolute atomic E-state index is 14.5. The molecule has 430 valence electrons. The number of esters is 1. The molecule has 4 aliphatic heterocycles. The van der Waals surface area contributed by atoms with Gasteiger partial charge in [0.2, 0.25) is 0 Å². The van der Waals surface area contributed by atoms with Crippen LogP contribution in [-0.2, 0) is 42.8 Å². The fraction of sp³-hybridized carbons (Fsp3) is 0.863. The third-order valence-electron chi connectivity index (χ3n) is 15.9. The first-order valence-corrected chi connectivity index (χ1v) is 26.4. The van der Waals surface area contributed by atoms with Crippen LogP contribution in [0.3, 0.4) is 0 Å². The average Bonchev–Trinajstić information content (AvgIpc) is 3.75. The lowest BCUT2D eigenvalue weighted by atomic mass is 9.73. The molecule has 4 aliphatic rings. The van der Waals surface area contributed by atoms with E-state index in [1.165, 1.54) is 31.7 Å². The number of aliphatic hydroxyl groups is 6. The summed E-state index contributed by atoms with van der Waals surface area (Å²) in [7, 11) is 5.15. The Balaban J connectivity index is 1.42. The molecule has 24 heteroatoms. The Bertz CT molecular complexity index is 2190. The van der Waals surface area contributed by atoms with Crippen LogP contribution in [0.15, 0.2) is 20.9 Å². The number of H-pyrrole nitrogens is 1. The number of likely N-dealkylation sites (N-methyl/N-ethyl adjacent to an activating group) is 1. The number of carbonyl (C=O) groups is 2. The van der Waals surface area contributed by atoms with Crippen molar-refractivity contribution in [2.45, 2.75) is 217 Å². The predicted octanol–water partition coefficient (Wildman–Crippen LogP) is 0.785. The number of nitrogens with one attached hydrogen (secondary N) is 3. The van der Waals surface area contributed by atoms with E-state index in [1.807, 2.05) is 25.9 Å². The smallest absolute Gasteiger partial charge is 0.330 e. The lowest BCUT2D eigenvalue weighted by molar-refractivity contribution is -0.317. The van der Waals surface area contributed by atoms with Crippen molar-refractivity contribution < 1.29 is 78.2 Å². The minimum Gasteiger partial charge on any atom is -0.459 e. The van der Waals surface area contributed by atoms with Crippen molar-refractivity contribution in [3.8, 4) is 0 Å². The first-order chi connectivity index (χ1) is 35.0. The average molecular weight is 1070 g/mol. The molecule has 5 heterocycles. The van der Waals surface area contributed by atoms with E-state index in [0.29, 0.717) is 6.42 Å². The molecule has 75 heavy (non-hydrogen) atoms. The third kappa shape index (κ3) is 14.5. The summed E-state index contributed by atoms with van der Waals surface area (Å²) < 4.78 is 44.9. The first kappa shape index (κ1) is 62.2. The summed E-state index contributed by atoms with van der Waals surface area (Å²) in [5.41, 5.74) is -5.71. The normalized spacial score (nSPS) is 42.0. The number of urea groups is 1. The second kappa shape index (κ2) is 25.9. The van der Waals surface area contributed by atoms with E-state index >= 15 is 0 Å². The summed E-state index contributed by atoms with van der Waals surface area (Å²) >= 11 is 0. The van der Waals surface area contributed by atoms with Gasteiger partial charge in [-0.3, -0.25) is 19.1 Å². The van der Waals surface area contributed by atoms with Crippen LogP contribution in [0.1, 0.15) is 120 Å². The van der Waals surface area contributed by atoms with Gasteiger partial charge in [-0.05, 0) is 81.8 Å². The molecule has 0 unspecified atom stereocenters. The molecule has 4 fully saturated rings. The molecule has 0 aromatic carbocycles. The highest BCUT2D eigenvalue weighted by molar-refractivity contribution is 5.88. The topological polar surface area (TPSA) is 324 Å². The number of cyclic esters (lactones) is 1. The SMILES string of the molecule is CC[C@H]1OC(=O)[C@H](C)[C@@H](O[C@H]2C[C@@](C)(OC)[C@@H](O)[C@H](C)O2)[C@H](C)[C@@H](O[C@@H]2O[C@H](C)C[C@H](N(C)C)[C@H]2O)[C@](C)(O)C[C@@H](C)/C(=N\OCCCNC(=O)N[C@H]2C[C@H](n3cc(C)c(=O)[nH]c3=O)O[C@@H]2CO)[C@H](C)[C@@H](O)[C@]1(C)O. The van der Waals surface area contributed by atoms with E-state index in [2.05, 4.69) is 20.8 Å². The van der Waals surface area contributed by atoms with Crippen molar-refractivity contribution in [2.24, 2.45) is 28.8 Å². The highest BCUT2D eigenvalue weighted by Crippen LogP contribution is 2.41. The number of rotatable bonds is 15. The predicted molar refractivity (Wildman–Crippen MR) is 271 cm³/mol. The Labute approximate surface area is 439 Å². The number of carbonyl (C=O) groups excluding carboxylic acids is 2. The molecule has 4 saturated heterocycles. The van der Waals surface area contributed by atoms with Gasteiger partial charge in [0.05, 0.1) is 66.0 Å². The molecule has 0 radical (unpaired) electrons. The molecular formula is C51H88N6O18. The molecule has 0 saturated carbocycles. The number of aromatic amines is 1. The highest BCUT2D eigenvalue weighted by atomic mass is 16.7. The number of oxime groups is 1. The van der Waals surface area contributed by atoms with Gasteiger partial charge in [0, 0.05) is 68.5 Å². The zero-order chi connectivity index (χ0) is 56.1. The third-order valence-corrected chi connectivity index (χ3v) is 15.9. The van der Waals surface area contributed by atoms with E-state index in [1.54, 1.807) is 55.4 Å². The molecule has 1 aromatic heterocycles. The van der Waals surface area contributed by atoms with Crippen molar-refractivity contribution in [3.05, 3.63) is 32.6 Å². The van der Waals surface area contributed by atoms with Gasteiger partial charge in [0.25, 0.3) is 5.56 Å². The van der Waals surface area contributed by atoms with Crippen LogP contribution < -0.4 is 21.9 Å². The van der Waals surface area contributed by atoms with Crippen molar-refractivity contribution in [3.63, 3.8) is 0 Å². The molecule has 9 N–H and O–H groups in total. The second-order valence-corrected chi connectivity index (χ2v) is 22.3. The van der Waals surface area contributed by atoms with Gasteiger partial charge in [0.15, 0.2) is 12.6 Å². The van der Waals surface area contributed by atoms with Crippen molar-refractivity contribution >= 4 is 17.7 Å². The van der Waals surface area contributed by atoms with E-state index in [9.17, 15) is 49.8 Å². The molecule has 0 aliphatic carbocycles. The van der Waals surface area contributed by atoms with Gasteiger partial charge in [0.1, 0.15) is 42.9 Å². The molecule has 5 rings (SSSR count). The van der Waals surface area contributed by atoms with E-state index in [-0.39, 0.29) is 68.7 Å². The van der Waals surface area contributed by atoms with E-state index in [0.717, 1.165) is 0 Å². The molecule has 1 aromatic rings. The number of hydrogen-bond acceptors (Lipinski definition) is 20. The van der Waals surface area contributed by atoms with Gasteiger partial charge in [-0.1, -0.05) is 32.9 Å². The minimum absolute atomic E-state index is 0.0353. The largest absolute Gasteiger partial charge is 0.459 e.